The number of carbonyl (C=O) groups is 2. The molecule has 1 N–H and O–H groups in total. The van der Waals surface area contributed by atoms with Crippen molar-refractivity contribution in [2.24, 2.45) is 4.99 Å². The summed E-state index contributed by atoms with van der Waals surface area (Å²) >= 11 is 1.22. The Labute approximate surface area is 222 Å². The van der Waals surface area contributed by atoms with Crippen molar-refractivity contribution >= 4 is 29.4 Å². The summed E-state index contributed by atoms with van der Waals surface area (Å²) in [5, 5.41) is 8.77. The van der Waals surface area contributed by atoms with Crippen molar-refractivity contribution in [3.8, 4) is 11.5 Å². The molecule has 0 bridgehead atoms. The molecule has 0 saturated heterocycles. The smallest absolute Gasteiger partial charge is 0.341 e. The number of hydrogen-bond acceptors (Lipinski definition) is 8. The molecule has 1 aromatic heterocycles. The second-order valence-electron chi connectivity index (χ2n) is 8.79. The fourth-order valence-corrected chi connectivity index (χ4v) is 5.11. The molecule has 0 radical (unpaired) electrons. The molecule has 1 aliphatic heterocycles. The molecule has 1 atom stereocenters. The number of allylic oxidation sites excluding steroid dienone is 1. The number of fused-ring (bicyclic) bond motifs is 1. The number of carboxylic acids is 1. The number of carboxylic acid groups (broad SMARTS) is 1. The molecule has 0 aliphatic carbocycles. The van der Waals surface area contributed by atoms with Gasteiger partial charge in [0.1, 0.15) is 11.5 Å². The Kier molecular flexibility index (Phi) is 8.11. The monoisotopic (exact) mass is 536 g/mol. The van der Waals surface area contributed by atoms with E-state index in [9.17, 15) is 14.4 Å². The van der Waals surface area contributed by atoms with Crippen LogP contribution in [0.1, 0.15) is 44.9 Å². The lowest BCUT2D eigenvalue weighted by Crippen LogP contribution is -2.39. The first-order valence-electron chi connectivity index (χ1n) is 12.1. The van der Waals surface area contributed by atoms with E-state index in [1.165, 1.54) is 15.9 Å². The first-order chi connectivity index (χ1) is 18.2. The van der Waals surface area contributed by atoms with Gasteiger partial charge in [-0.1, -0.05) is 35.6 Å². The van der Waals surface area contributed by atoms with Crippen LogP contribution in [0.25, 0.3) is 6.08 Å². The second-order valence-corrected chi connectivity index (χ2v) is 9.80. The summed E-state index contributed by atoms with van der Waals surface area (Å²) in [5.74, 6) is -0.493. The Bertz CT molecular complexity index is 1550. The van der Waals surface area contributed by atoms with Gasteiger partial charge in [-0.2, -0.15) is 0 Å². The van der Waals surface area contributed by atoms with Crippen LogP contribution in [0.4, 0.5) is 0 Å². The van der Waals surface area contributed by atoms with Gasteiger partial charge in [-0.05, 0) is 69.2 Å². The summed E-state index contributed by atoms with van der Waals surface area (Å²) < 4.78 is 18.2. The third-order valence-corrected chi connectivity index (χ3v) is 6.61. The van der Waals surface area contributed by atoms with Gasteiger partial charge >= 0.3 is 11.9 Å². The van der Waals surface area contributed by atoms with E-state index >= 15 is 0 Å². The predicted octanol–water partition coefficient (Wildman–Crippen LogP) is 3.05. The normalized spacial score (nSPS) is 15.2. The maximum atomic E-state index is 13.7. The quantitative estimate of drug-likeness (QED) is 0.418. The van der Waals surface area contributed by atoms with Crippen LogP contribution >= 0.6 is 11.3 Å². The highest BCUT2D eigenvalue weighted by atomic mass is 32.1. The van der Waals surface area contributed by atoms with E-state index in [1.807, 2.05) is 38.1 Å². The van der Waals surface area contributed by atoms with Crippen LogP contribution in [0.15, 0.2) is 69.6 Å². The molecule has 3 aromatic rings. The van der Waals surface area contributed by atoms with Gasteiger partial charge in [-0.25, -0.2) is 14.6 Å². The van der Waals surface area contributed by atoms with Crippen LogP contribution in [0.3, 0.4) is 0 Å². The maximum absolute atomic E-state index is 13.7. The van der Waals surface area contributed by atoms with Gasteiger partial charge in [0.05, 0.1) is 34.6 Å². The van der Waals surface area contributed by atoms with Crippen molar-refractivity contribution in [3.63, 3.8) is 0 Å². The number of carbonyl (C=O) groups excluding carboxylic acids is 1. The van der Waals surface area contributed by atoms with E-state index in [4.69, 9.17) is 19.3 Å². The van der Waals surface area contributed by atoms with E-state index in [1.54, 1.807) is 44.2 Å². The first-order valence-corrected chi connectivity index (χ1v) is 12.9. The van der Waals surface area contributed by atoms with Gasteiger partial charge in [0, 0.05) is 0 Å². The molecule has 1 aliphatic rings. The Balaban J connectivity index is 1.79. The van der Waals surface area contributed by atoms with Crippen LogP contribution < -0.4 is 24.4 Å². The van der Waals surface area contributed by atoms with E-state index in [2.05, 4.69) is 4.99 Å². The Morgan fingerprint density at radius 3 is 2.37 bits per heavy atom. The van der Waals surface area contributed by atoms with Gasteiger partial charge in [-0.3, -0.25) is 9.36 Å². The number of benzene rings is 2. The largest absolute Gasteiger partial charge is 0.491 e. The third kappa shape index (κ3) is 5.86. The Morgan fingerprint density at radius 2 is 1.76 bits per heavy atom. The molecule has 0 amide bonds. The first kappa shape index (κ1) is 26.9. The lowest BCUT2D eigenvalue weighted by atomic mass is 9.96. The molecular weight excluding hydrogens is 508 g/mol. The highest BCUT2D eigenvalue weighted by Crippen LogP contribution is 2.31. The van der Waals surface area contributed by atoms with Crippen molar-refractivity contribution in [1.82, 2.24) is 4.57 Å². The molecule has 2 aromatic carbocycles. The molecule has 1 unspecified atom stereocenters. The number of nitrogens with zero attached hydrogens (tertiary/aromatic N) is 2. The SMILES string of the molecule is CCOC(=O)C1=C(C)N=c2s/c(=C\c3ccc(OCC(=O)O)cc3)c(=O)n2C1c1ccc(OC(C)C)cc1. The molecule has 10 heteroatoms. The van der Waals surface area contributed by atoms with Gasteiger partial charge in [0.15, 0.2) is 11.4 Å². The number of rotatable bonds is 9. The molecule has 9 nitrogen and oxygen atoms in total. The van der Waals surface area contributed by atoms with E-state index in [-0.39, 0.29) is 18.3 Å². The van der Waals surface area contributed by atoms with Gasteiger partial charge in [0.25, 0.3) is 5.56 Å². The topological polar surface area (TPSA) is 116 Å². The number of aromatic nitrogens is 1. The molecule has 0 saturated carbocycles. The van der Waals surface area contributed by atoms with Gasteiger partial charge in [0.2, 0.25) is 0 Å². The number of aliphatic carboxylic acids is 1. The molecule has 38 heavy (non-hydrogen) atoms. The van der Waals surface area contributed by atoms with Crippen LogP contribution in [-0.4, -0.2) is 40.9 Å². The van der Waals surface area contributed by atoms with Gasteiger partial charge in [-0.15, -0.1) is 0 Å². The minimum Gasteiger partial charge on any atom is -0.491 e. The van der Waals surface area contributed by atoms with E-state index < -0.39 is 24.6 Å². The minimum absolute atomic E-state index is 0.00792. The molecular formula is C28H28N2O7S. The molecule has 4 rings (SSSR count). The number of hydrogen-bond donors (Lipinski definition) is 1. The van der Waals surface area contributed by atoms with Crippen molar-refractivity contribution in [2.75, 3.05) is 13.2 Å². The predicted molar refractivity (Wildman–Crippen MR) is 142 cm³/mol. The zero-order chi connectivity index (χ0) is 27.4. The number of thiazole rings is 1. The highest BCUT2D eigenvalue weighted by molar-refractivity contribution is 7.07. The molecule has 0 spiro atoms. The number of esters is 1. The number of ether oxygens (including phenoxy) is 3. The maximum Gasteiger partial charge on any atom is 0.341 e. The molecule has 0 fully saturated rings. The van der Waals surface area contributed by atoms with Crippen LogP contribution in [0.2, 0.25) is 0 Å². The van der Waals surface area contributed by atoms with E-state index in [0.717, 1.165) is 11.1 Å². The standard InChI is InChI=1S/C28H28N2O7S/c1-5-35-27(34)24-17(4)29-28-30(25(24)19-8-12-21(13-9-19)37-16(2)3)26(33)22(38-28)14-18-6-10-20(11-7-18)36-15-23(31)32/h6-14,16,25H,5,15H2,1-4H3,(H,31,32)/b22-14-. The lowest BCUT2D eigenvalue weighted by Gasteiger charge is -2.25. The molecule has 2 heterocycles. The van der Waals surface area contributed by atoms with Crippen LogP contribution in [0, 0.1) is 0 Å². The summed E-state index contributed by atoms with van der Waals surface area (Å²) in [7, 11) is 0. The highest BCUT2D eigenvalue weighted by Gasteiger charge is 2.33. The fraction of sp³-hybridized carbons (Fsp3) is 0.286. The second kappa shape index (κ2) is 11.5. The average Bonchev–Trinajstić information content (AvgIpc) is 3.17. The van der Waals surface area contributed by atoms with E-state index in [0.29, 0.717) is 32.1 Å². The Hall–Kier alpha value is -4.18. The zero-order valence-corrected chi connectivity index (χ0v) is 22.3. The van der Waals surface area contributed by atoms with Crippen LogP contribution in [-0.2, 0) is 14.3 Å². The van der Waals surface area contributed by atoms with Crippen molar-refractivity contribution in [3.05, 3.63) is 90.6 Å². The minimum atomic E-state index is -1.07. The zero-order valence-electron chi connectivity index (χ0n) is 21.5. The van der Waals surface area contributed by atoms with Crippen molar-refractivity contribution in [1.29, 1.82) is 0 Å². The summed E-state index contributed by atoms with van der Waals surface area (Å²) in [6.07, 6.45) is 1.73. The van der Waals surface area contributed by atoms with Crippen molar-refractivity contribution < 1.29 is 28.9 Å². The average molecular weight is 537 g/mol. The summed E-state index contributed by atoms with van der Waals surface area (Å²) in [4.78, 5) is 42.5. The summed E-state index contributed by atoms with van der Waals surface area (Å²) in [6.45, 7) is 7.10. The van der Waals surface area contributed by atoms with Crippen molar-refractivity contribution in [2.45, 2.75) is 39.8 Å². The molecule has 198 valence electrons. The summed E-state index contributed by atoms with van der Waals surface area (Å²) in [5.41, 5.74) is 1.96. The summed E-state index contributed by atoms with van der Waals surface area (Å²) in [6, 6.07) is 13.3. The van der Waals surface area contributed by atoms with Gasteiger partial charge < -0.3 is 19.3 Å². The lowest BCUT2D eigenvalue weighted by molar-refractivity contribution is -0.140. The fourth-order valence-electron chi connectivity index (χ4n) is 4.06. The van der Waals surface area contributed by atoms with Crippen LogP contribution in [0.5, 0.6) is 11.5 Å². The third-order valence-electron chi connectivity index (χ3n) is 5.62. The Morgan fingerprint density at radius 1 is 1.11 bits per heavy atom.